The van der Waals surface area contributed by atoms with E-state index in [0.717, 1.165) is 61.2 Å². The van der Waals surface area contributed by atoms with Crippen molar-refractivity contribution < 1.29 is 0 Å². The van der Waals surface area contributed by atoms with Crippen molar-refractivity contribution in [2.75, 3.05) is 0 Å². The average Bonchev–Trinajstić information content (AvgIpc) is 3.49. The minimum atomic E-state index is 0.807. The highest BCUT2D eigenvalue weighted by molar-refractivity contribution is 6.18. The number of fused-ring (bicyclic) bond motifs is 6. The highest BCUT2D eigenvalue weighted by atomic mass is 15.1. The maximum atomic E-state index is 5.38. The van der Waals surface area contributed by atoms with E-state index in [1.165, 1.54) is 32.7 Å². The Morgan fingerprint density at radius 3 is 1.94 bits per heavy atom. The zero-order valence-corrected chi connectivity index (χ0v) is 26.5. The predicted octanol–water partition coefficient (Wildman–Crippen LogP) is 11.4. The molecule has 3 heterocycles. The first-order valence-electron chi connectivity index (χ1n) is 16.5. The molecule has 0 spiro atoms. The molecule has 0 N–H and O–H groups in total. The van der Waals surface area contributed by atoms with E-state index >= 15 is 0 Å². The van der Waals surface area contributed by atoms with Gasteiger partial charge in [-0.1, -0.05) is 121 Å². The summed E-state index contributed by atoms with van der Waals surface area (Å²) in [6.45, 7) is 0. The van der Waals surface area contributed by atoms with Crippen LogP contribution in [-0.2, 0) is 0 Å². The Balaban J connectivity index is 1.25. The fourth-order valence-corrected chi connectivity index (χ4v) is 7.25. The highest BCUT2D eigenvalue weighted by Crippen LogP contribution is 2.41. The molecule has 10 rings (SSSR count). The largest absolute Gasteiger partial charge is 0.292 e. The van der Waals surface area contributed by atoms with Crippen molar-refractivity contribution in [3.8, 4) is 39.3 Å². The molecular weight excluding hydrogens is 597 g/mol. The van der Waals surface area contributed by atoms with Crippen molar-refractivity contribution >= 4 is 54.5 Å². The molecule has 10 aromatic rings. The van der Waals surface area contributed by atoms with E-state index in [-0.39, 0.29) is 0 Å². The van der Waals surface area contributed by atoms with Crippen molar-refractivity contribution in [1.29, 1.82) is 0 Å². The molecule has 0 atom stereocenters. The molecule has 0 aliphatic rings. The third kappa shape index (κ3) is 4.49. The van der Waals surface area contributed by atoms with Crippen LogP contribution >= 0.6 is 0 Å². The Morgan fingerprint density at radius 2 is 1.10 bits per heavy atom. The van der Waals surface area contributed by atoms with Gasteiger partial charge in [0.15, 0.2) is 5.82 Å². The Bertz CT molecular complexity index is 2870. The second kappa shape index (κ2) is 11.0. The summed E-state index contributed by atoms with van der Waals surface area (Å²) < 4.78 is 2.32. The van der Waals surface area contributed by atoms with Crippen molar-refractivity contribution in [1.82, 2.24) is 19.5 Å². The summed E-state index contributed by atoms with van der Waals surface area (Å²) in [7, 11) is 0. The first-order chi connectivity index (χ1) is 24.3. The molecule has 4 heteroatoms. The van der Waals surface area contributed by atoms with Crippen molar-refractivity contribution in [2.24, 2.45) is 0 Å². The molecule has 3 aromatic heterocycles. The molecule has 49 heavy (non-hydrogen) atoms. The summed E-state index contributed by atoms with van der Waals surface area (Å²) in [4.78, 5) is 15.3. The zero-order valence-electron chi connectivity index (χ0n) is 26.5. The molecule has 0 unspecified atom stereocenters. The van der Waals surface area contributed by atoms with Crippen molar-refractivity contribution in [3.05, 3.63) is 170 Å². The van der Waals surface area contributed by atoms with Gasteiger partial charge >= 0.3 is 0 Å². The lowest BCUT2D eigenvalue weighted by Gasteiger charge is -2.14. The van der Waals surface area contributed by atoms with E-state index < -0.39 is 0 Å². The summed E-state index contributed by atoms with van der Waals surface area (Å²) in [5, 5.41) is 5.92. The van der Waals surface area contributed by atoms with Gasteiger partial charge in [-0.25, -0.2) is 9.97 Å². The van der Waals surface area contributed by atoms with Crippen LogP contribution in [0, 0.1) is 0 Å². The van der Waals surface area contributed by atoms with Crippen LogP contribution in [0.1, 0.15) is 0 Å². The SMILES string of the molecule is c1ccc(-c2cccc3c2c2cc4ccccc4cc2n3-c2nc3ccccc3nc2-c2ccc(-c3ccc4cccnc4c3)cc2)cc1. The van der Waals surface area contributed by atoms with E-state index in [2.05, 4.69) is 143 Å². The third-order valence-electron chi connectivity index (χ3n) is 9.60. The van der Waals surface area contributed by atoms with Gasteiger partial charge in [0.2, 0.25) is 0 Å². The minimum Gasteiger partial charge on any atom is -0.292 e. The number of rotatable bonds is 4. The molecular formula is C45H28N4. The molecule has 0 aliphatic heterocycles. The number of aromatic nitrogens is 4. The van der Waals surface area contributed by atoms with Gasteiger partial charge in [0.1, 0.15) is 5.69 Å². The van der Waals surface area contributed by atoms with E-state index in [1.54, 1.807) is 0 Å². The molecule has 0 aliphatic carbocycles. The molecule has 0 saturated carbocycles. The highest BCUT2D eigenvalue weighted by Gasteiger charge is 2.22. The first kappa shape index (κ1) is 27.5. The van der Waals surface area contributed by atoms with Crippen LogP contribution < -0.4 is 0 Å². The summed E-state index contributed by atoms with van der Waals surface area (Å²) in [6, 6.07) is 57.8. The minimum absolute atomic E-state index is 0.807. The standard InChI is InChI=1S/C45H28N4/c1-2-10-30(11-3-1)36-15-8-18-41-43(36)37-26-33-12-4-5-13-34(33)28-42(37)49(41)45-44(47-38-16-6-7-17-39(38)48-45)32-22-19-29(20-23-32)35-24-21-31-14-9-25-46-40(31)27-35/h1-28H. The average molecular weight is 625 g/mol. The van der Waals surface area contributed by atoms with Gasteiger partial charge in [0.25, 0.3) is 0 Å². The van der Waals surface area contributed by atoms with Gasteiger partial charge in [-0.05, 0) is 75.5 Å². The smallest absolute Gasteiger partial charge is 0.165 e. The molecule has 0 bridgehead atoms. The van der Waals surface area contributed by atoms with Crippen LogP contribution in [0.25, 0.3) is 93.8 Å². The van der Waals surface area contributed by atoms with Crippen LogP contribution in [0.15, 0.2) is 170 Å². The molecule has 7 aromatic carbocycles. The van der Waals surface area contributed by atoms with Gasteiger partial charge in [-0.3, -0.25) is 9.55 Å². The maximum Gasteiger partial charge on any atom is 0.165 e. The number of pyridine rings is 1. The lowest BCUT2D eigenvalue weighted by molar-refractivity contribution is 1.08. The van der Waals surface area contributed by atoms with Crippen LogP contribution in [-0.4, -0.2) is 19.5 Å². The maximum absolute atomic E-state index is 5.38. The van der Waals surface area contributed by atoms with E-state index in [1.807, 2.05) is 36.5 Å². The van der Waals surface area contributed by atoms with Gasteiger partial charge < -0.3 is 0 Å². The molecule has 0 fully saturated rings. The fraction of sp³-hybridized carbons (Fsp3) is 0. The van der Waals surface area contributed by atoms with Crippen LogP contribution in [0.2, 0.25) is 0 Å². The normalized spacial score (nSPS) is 11.7. The Labute approximate surface area is 282 Å². The number of nitrogens with zero attached hydrogens (tertiary/aromatic N) is 4. The number of para-hydroxylation sites is 2. The van der Waals surface area contributed by atoms with Crippen LogP contribution in [0.3, 0.4) is 0 Å². The monoisotopic (exact) mass is 624 g/mol. The lowest BCUT2D eigenvalue weighted by Crippen LogP contribution is -2.03. The molecule has 4 nitrogen and oxygen atoms in total. The van der Waals surface area contributed by atoms with Gasteiger partial charge in [-0.15, -0.1) is 0 Å². The Morgan fingerprint density at radius 1 is 0.408 bits per heavy atom. The van der Waals surface area contributed by atoms with E-state index in [4.69, 9.17) is 9.97 Å². The Kier molecular flexibility index (Phi) is 6.15. The number of benzene rings is 7. The Hall–Kier alpha value is -6.65. The van der Waals surface area contributed by atoms with Gasteiger partial charge in [0.05, 0.1) is 27.6 Å². The molecule has 0 amide bonds. The second-order valence-electron chi connectivity index (χ2n) is 12.5. The summed E-state index contributed by atoms with van der Waals surface area (Å²) in [5.41, 5.74) is 11.4. The lowest BCUT2D eigenvalue weighted by atomic mass is 9.98. The first-order valence-corrected chi connectivity index (χ1v) is 16.5. The molecule has 228 valence electrons. The van der Waals surface area contributed by atoms with Crippen molar-refractivity contribution in [2.45, 2.75) is 0 Å². The second-order valence-corrected chi connectivity index (χ2v) is 12.5. The van der Waals surface area contributed by atoms with Crippen molar-refractivity contribution in [3.63, 3.8) is 0 Å². The van der Waals surface area contributed by atoms with E-state index in [9.17, 15) is 0 Å². The molecule has 0 saturated heterocycles. The predicted molar refractivity (Wildman–Crippen MR) is 203 cm³/mol. The third-order valence-corrected chi connectivity index (χ3v) is 9.60. The summed E-state index contributed by atoms with van der Waals surface area (Å²) >= 11 is 0. The topological polar surface area (TPSA) is 43.6 Å². The van der Waals surface area contributed by atoms with Crippen LogP contribution in [0.5, 0.6) is 0 Å². The zero-order chi connectivity index (χ0) is 32.3. The number of hydrogen-bond acceptors (Lipinski definition) is 3. The summed E-state index contributed by atoms with van der Waals surface area (Å²) in [5.74, 6) is 0.807. The van der Waals surface area contributed by atoms with Gasteiger partial charge in [-0.2, -0.15) is 0 Å². The summed E-state index contributed by atoms with van der Waals surface area (Å²) in [6.07, 6.45) is 1.84. The molecule has 0 radical (unpaired) electrons. The van der Waals surface area contributed by atoms with E-state index in [0.29, 0.717) is 0 Å². The number of hydrogen-bond donors (Lipinski definition) is 0. The van der Waals surface area contributed by atoms with Gasteiger partial charge in [0, 0.05) is 27.9 Å². The quantitative estimate of drug-likeness (QED) is 0.196. The fourth-order valence-electron chi connectivity index (χ4n) is 7.25. The van der Waals surface area contributed by atoms with Crippen LogP contribution in [0.4, 0.5) is 0 Å².